The molecule has 0 aliphatic carbocycles. The predicted molar refractivity (Wildman–Crippen MR) is 48.2 cm³/mol. The molecule has 10 heavy (non-hydrogen) atoms. The first-order valence-electron chi connectivity index (χ1n) is 2.67. The molecule has 6 heteroatoms. The summed E-state index contributed by atoms with van der Waals surface area (Å²) in [5, 5.41) is 0.181. The Morgan fingerprint density at radius 3 is 2.10 bits per heavy atom. The van der Waals surface area contributed by atoms with Crippen LogP contribution in [0.5, 0.6) is 0 Å². The van der Waals surface area contributed by atoms with E-state index >= 15 is 0 Å². The van der Waals surface area contributed by atoms with Crippen LogP contribution in [0.25, 0.3) is 0 Å². The summed E-state index contributed by atoms with van der Waals surface area (Å²) in [5.74, 6) is 0. The van der Waals surface area contributed by atoms with Gasteiger partial charge >= 0.3 is 80.2 Å². The zero-order chi connectivity index (χ0) is 8.20. The van der Waals surface area contributed by atoms with Gasteiger partial charge in [-0.25, -0.2) is 0 Å². The van der Waals surface area contributed by atoms with Gasteiger partial charge in [0.15, 0.2) is 0 Å². The van der Waals surface area contributed by atoms with Crippen molar-refractivity contribution in [3.05, 3.63) is 0 Å². The van der Waals surface area contributed by atoms with E-state index in [4.69, 9.17) is 41.6 Å². The second kappa shape index (κ2) is 5.10. The Hall–Kier alpha value is 1.37. The minimum atomic E-state index is -2.96. The Labute approximate surface area is 79.9 Å². The van der Waals surface area contributed by atoms with Crippen molar-refractivity contribution in [1.82, 2.24) is 0 Å². The number of carbonyl (C=O) groups is 1. The summed E-state index contributed by atoms with van der Waals surface area (Å²) in [5.41, 5.74) is 0. The second-order valence-corrected chi connectivity index (χ2v) is 18.9. The maximum atomic E-state index is 10.2. The zero-order valence-corrected chi connectivity index (χ0v) is 10.2. The van der Waals surface area contributed by atoms with E-state index in [1.165, 1.54) is 0 Å². The summed E-state index contributed by atoms with van der Waals surface area (Å²) in [6, 6.07) is 0. The number of carbonyl (C=O) groups excluding carboxylic acids is 1. The van der Waals surface area contributed by atoms with Gasteiger partial charge in [0, 0.05) is 0 Å². The van der Waals surface area contributed by atoms with E-state index in [0.29, 0.717) is 18.1 Å². The topological polar surface area (TPSA) is 17.1 Å². The molecule has 1 nitrogen and oxygen atoms in total. The molecule has 0 N–H and O–H groups in total. The Bertz CT molecular complexity index is 121. The average molecular weight is 285 g/mol. The van der Waals surface area contributed by atoms with Gasteiger partial charge in [0.05, 0.1) is 0 Å². The van der Waals surface area contributed by atoms with Gasteiger partial charge in [-0.05, 0) is 0 Å². The molecule has 60 valence electrons. The molecule has 0 saturated carbocycles. The van der Waals surface area contributed by atoms with Gasteiger partial charge in [0.25, 0.3) is 0 Å². The summed E-state index contributed by atoms with van der Waals surface area (Å²) < 4.78 is 0. The van der Waals surface area contributed by atoms with Crippen molar-refractivity contribution < 1.29 is 4.79 Å². The van der Waals surface area contributed by atoms with Crippen molar-refractivity contribution in [2.75, 3.05) is 0 Å². The van der Waals surface area contributed by atoms with Gasteiger partial charge in [-0.1, -0.05) is 0 Å². The van der Waals surface area contributed by atoms with Crippen molar-refractivity contribution >= 4 is 57.4 Å². The van der Waals surface area contributed by atoms with Gasteiger partial charge < -0.3 is 0 Å². The van der Waals surface area contributed by atoms with Crippen molar-refractivity contribution in [3.63, 3.8) is 0 Å². The molecule has 0 spiro atoms. The molecule has 0 aliphatic rings. The van der Waals surface area contributed by atoms with Crippen molar-refractivity contribution in [3.8, 4) is 0 Å². The van der Waals surface area contributed by atoms with E-state index in [0.717, 1.165) is 0 Å². The third-order valence-electron chi connectivity index (χ3n) is 0.834. The van der Waals surface area contributed by atoms with Crippen LogP contribution in [0.3, 0.4) is 0 Å². The summed E-state index contributed by atoms with van der Waals surface area (Å²) in [4.78, 5) is 10.2. The molecular formula is C4H6Cl4GeO. The number of hydrogen-bond donors (Lipinski definition) is 0. The van der Waals surface area contributed by atoms with E-state index in [-0.39, 0.29) is 5.24 Å². The van der Waals surface area contributed by atoms with Gasteiger partial charge in [-0.15, -0.1) is 0 Å². The minimum absolute atomic E-state index is 0.306. The average Bonchev–Trinajstić information content (AvgIpc) is 1.59. The maximum absolute atomic E-state index is 10.2. The zero-order valence-electron chi connectivity index (χ0n) is 5.04. The molecule has 0 aliphatic heterocycles. The molecule has 0 aromatic heterocycles. The monoisotopic (exact) mass is 284 g/mol. The summed E-state index contributed by atoms with van der Waals surface area (Å²) in [7, 11) is 13.8. The van der Waals surface area contributed by atoms with E-state index in [1.807, 2.05) is 0 Å². The SMILES string of the molecule is O=C(Cl)CC[CH2][Ge]([Cl])([Cl])[Cl]. The molecule has 0 saturated heterocycles. The second-order valence-electron chi connectivity index (χ2n) is 1.82. The van der Waals surface area contributed by atoms with Crippen LogP contribution in [0.2, 0.25) is 5.25 Å². The van der Waals surface area contributed by atoms with Crippen LogP contribution in [0.1, 0.15) is 12.8 Å². The Morgan fingerprint density at radius 1 is 1.30 bits per heavy atom. The summed E-state index contributed by atoms with van der Waals surface area (Å²) in [6.45, 7) is 0. The van der Waals surface area contributed by atoms with Gasteiger partial charge in [0.2, 0.25) is 0 Å². The Kier molecular flexibility index (Phi) is 5.80. The molecule has 0 rings (SSSR count). The number of hydrogen-bond acceptors (Lipinski definition) is 1. The molecular weight excluding hydrogens is 278 g/mol. The molecule has 0 unspecified atom stereocenters. The van der Waals surface area contributed by atoms with Crippen LogP contribution in [0.4, 0.5) is 0 Å². The molecule has 0 fully saturated rings. The molecule has 0 amide bonds. The van der Waals surface area contributed by atoms with E-state index < -0.39 is 10.5 Å². The first-order valence-corrected chi connectivity index (χ1v) is 12.8. The molecule has 0 bridgehead atoms. The molecule has 0 radical (unpaired) electrons. The predicted octanol–water partition coefficient (Wildman–Crippen LogP) is 3.19. The van der Waals surface area contributed by atoms with Crippen LogP contribution in [0, 0.1) is 0 Å². The van der Waals surface area contributed by atoms with Crippen LogP contribution < -0.4 is 0 Å². The van der Waals surface area contributed by atoms with Crippen LogP contribution in [0.15, 0.2) is 0 Å². The van der Waals surface area contributed by atoms with E-state index in [2.05, 4.69) is 0 Å². The normalized spacial score (nSPS) is 11.6. The van der Waals surface area contributed by atoms with Crippen molar-refractivity contribution in [2.45, 2.75) is 18.1 Å². The summed E-state index contributed by atoms with van der Waals surface area (Å²) >= 11 is 5.06. The van der Waals surface area contributed by atoms with Gasteiger partial charge in [-0.2, -0.15) is 0 Å². The Morgan fingerprint density at radius 2 is 1.80 bits per heavy atom. The first kappa shape index (κ1) is 11.4. The fourth-order valence-electron chi connectivity index (χ4n) is 0.428. The third kappa shape index (κ3) is 9.37. The van der Waals surface area contributed by atoms with Crippen LogP contribution in [-0.2, 0) is 4.79 Å². The van der Waals surface area contributed by atoms with Crippen LogP contribution in [-0.4, -0.2) is 15.7 Å². The van der Waals surface area contributed by atoms with Crippen LogP contribution >= 0.6 is 41.6 Å². The molecule has 0 aromatic carbocycles. The van der Waals surface area contributed by atoms with Crippen molar-refractivity contribution in [2.24, 2.45) is 0 Å². The van der Waals surface area contributed by atoms with Crippen molar-refractivity contribution in [1.29, 1.82) is 0 Å². The van der Waals surface area contributed by atoms with Gasteiger partial charge in [-0.3, -0.25) is 0 Å². The standard InChI is InChI=1S/C4H6Cl4GeO/c5-4(10)2-1-3-9(6,7)8/h1-3H2. The molecule has 0 heterocycles. The van der Waals surface area contributed by atoms with E-state index in [9.17, 15) is 4.79 Å². The first-order chi connectivity index (χ1) is 4.42. The van der Waals surface area contributed by atoms with E-state index in [1.54, 1.807) is 0 Å². The molecule has 0 aromatic rings. The summed E-state index contributed by atoms with van der Waals surface area (Å²) in [6.07, 6.45) is 0.902. The third-order valence-corrected chi connectivity index (χ3v) is 5.90. The quantitative estimate of drug-likeness (QED) is 0.572. The fourth-order valence-corrected chi connectivity index (χ4v) is 3.86. The fraction of sp³-hybridized carbons (Fsp3) is 0.750. The number of halogens is 4. The number of rotatable bonds is 4. The molecule has 0 atom stereocenters. The van der Waals surface area contributed by atoms with Gasteiger partial charge in [0.1, 0.15) is 0 Å². The Balaban J connectivity index is 3.29.